The van der Waals surface area contributed by atoms with E-state index in [4.69, 9.17) is 21.4 Å². The molecule has 2 N–H and O–H groups in total. The molecule has 0 aliphatic heterocycles. The summed E-state index contributed by atoms with van der Waals surface area (Å²) in [5.74, 6) is -0.593. The number of rotatable bonds is 5. The minimum Gasteiger partial charge on any atom is -0.493 e. The minimum atomic E-state index is -0.958. The van der Waals surface area contributed by atoms with Gasteiger partial charge in [0.05, 0.1) is 24.2 Å². The van der Waals surface area contributed by atoms with E-state index in [0.717, 1.165) is 0 Å². The van der Waals surface area contributed by atoms with Gasteiger partial charge in [-0.25, -0.2) is 4.79 Å². The molecule has 0 fully saturated rings. The van der Waals surface area contributed by atoms with Crippen LogP contribution in [0.3, 0.4) is 0 Å². The second-order valence-electron chi connectivity index (χ2n) is 3.82. The van der Waals surface area contributed by atoms with Gasteiger partial charge in [-0.2, -0.15) is 0 Å². The van der Waals surface area contributed by atoms with Crippen LogP contribution in [-0.2, 0) is 4.79 Å². The SMILES string of the molecule is COc1c(Cl)cccc1NC(=O)N(C)CCC(=O)O. The summed E-state index contributed by atoms with van der Waals surface area (Å²) < 4.78 is 5.10. The van der Waals surface area contributed by atoms with Crippen LogP contribution in [-0.4, -0.2) is 42.7 Å². The fourth-order valence-electron chi connectivity index (χ4n) is 1.39. The normalized spacial score (nSPS) is 9.84. The molecule has 104 valence electrons. The third kappa shape index (κ3) is 4.33. The Labute approximate surface area is 115 Å². The number of benzene rings is 1. The Hall–Kier alpha value is -1.95. The van der Waals surface area contributed by atoms with E-state index in [-0.39, 0.29) is 13.0 Å². The Balaban J connectivity index is 2.71. The molecule has 19 heavy (non-hydrogen) atoms. The maximum Gasteiger partial charge on any atom is 0.321 e. The van der Waals surface area contributed by atoms with E-state index in [0.29, 0.717) is 16.5 Å². The van der Waals surface area contributed by atoms with Gasteiger partial charge in [0, 0.05) is 13.6 Å². The highest BCUT2D eigenvalue weighted by Crippen LogP contribution is 2.32. The summed E-state index contributed by atoms with van der Waals surface area (Å²) in [5.41, 5.74) is 0.433. The molecule has 0 bridgehead atoms. The molecule has 1 rings (SSSR count). The average molecular weight is 287 g/mol. The molecule has 6 nitrogen and oxygen atoms in total. The Bertz CT molecular complexity index is 479. The number of hydrogen-bond donors (Lipinski definition) is 2. The number of carboxylic acid groups (broad SMARTS) is 1. The van der Waals surface area contributed by atoms with Gasteiger partial charge in [0.2, 0.25) is 0 Å². The van der Waals surface area contributed by atoms with E-state index < -0.39 is 12.0 Å². The third-order valence-electron chi connectivity index (χ3n) is 2.42. The highest BCUT2D eigenvalue weighted by atomic mass is 35.5. The van der Waals surface area contributed by atoms with Crippen LogP contribution in [0.25, 0.3) is 0 Å². The molecule has 0 saturated carbocycles. The molecule has 0 spiro atoms. The summed E-state index contributed by atoms with van der Waals surface area (Å²) >= 11 is 5.93. The van der Waals surface area contributed by atoms with Crippen LogP contribution < -0.4 is 10.1 Å². The zero-order valence-electron chi connectivity index (χ0n) is 10.6. The highest BCUT2D eigenvalue weighted by Gasteiger charge is 2.14. The topological polar surface area (TPSA) is 78.9 Å². The number of urea groups is 1. The lowest BCUT2D eigenvalue weighted by Gasteiger charge is -2.18. The fourth-order valence-corrected chi connectivity index (χ4v) is 1.64. The Morgan fingerprint density at radius 3 is 2.74 bits per heavy atom. The van der Waals surface area contributed by atoms with Crippen LogP contribution >= 0.6 is 11.6 Å². The number of carboxylic acids is 1. The molecule has 0 radical (unpaired) electrons. The summed E-state index contributed by atoms with van der Waals surface area (Å²) in [7, 11) is 2.96. The van der Waals surface area contributed by atoms with Gasteiger partial charge in [0.25, 0.3) is 0 Å². The lowest BCUT2D eigenvalue weighted by molar-refractivity contribution is -0.137. The predicted molar refractivity (Wildman–Crippen MR) is 71.9 cm³/mol. The monoisotopic (exact) mass is 286 g/mol. The first-order valence-corrected chi connectivity index (χ1v) is 5.90. The molecule has 1 aromatic rings. The van der Waals surface area contributed by atoms with Gasteiger partial charge in [-0.1, -0.05) is 17.7 Å². The van der Waals surface area contributed by atoms with E-state index in [1.165, 1.54) is 19.1 Å². The summed E-state index contributed by atoms with van der Waals surface area (Å²) in [4.78, 5) is 23.5. The van der Waals surface area contributed by atoms with Crippen molar-refractivity contribution in [2.24, 2.45) is 0 Å². The first-order chi connectivity index (χ1) is 8.95. The second-order valence-corrected chi connectivity index (χ2v) is 4.22. The molecule has 0 unspecified atom stereocenters. The van der Waals surface area contributed by atoms with Crippen LogP contribution in [0.4, 0.5) is 10.5 Å². The van der Waals surface area contributed by atoms with E-state index in [1.54, 1.807) is 18.2 Å². The maximum absolute atomic E-state index is 11.8. The number of aliphatic carboxylic acids is 1. The summed E-state index contributed by atoms with van der Waals surface area (Å²) in [6.45, 7) is 0.115. The number of hydrogen-bond acceptors (Lipinski definition) is 3. The van der Waals surface area contributed by atoms with E-state index in [2.05, 4.69) is 5.32 Å². The Morgan fingerprint density at radius 2 is 2.16 bits per heavy atom. The van der Waals surface area contributed by atoms with Crippen molar-refractivity contribution in [1.29, 1.82) is 0 Å². The Morgan fingerprint density at radius 1 is 1.47 bits per heavy atom. The fraction of sp³-hybridized carbons (Fsp3) is 0.333. The number of halogens is 1. The summed E-state index contributed by atoms with van der Waals surface area (Å²) in [6, 6.07) is 4.54. The molecular formula is C12H15ClN2O4. The molecule has 0 aliphatic rings. The van der Waals surface area contributed by atoms with E-state index >= 15 is 0 Å². The van der Waals surface area contributed by atoms with Gasteiger partial charge in [0.15, 0.2) is 5.75 Å². The molecule has 7 heteroatoms. The van der Waals surface area contributed by atoms with Crippen molar-refractivity contribution in [2.45, 2.75) is 6.42 Å². The van der Waals surface area contributed by atoms with Gasteiger partial charge >= 0.3 is 12.0 Å². The average Bonchev–Trinajstić information content (AvgIpc) is 2.36. The van der Waals surface area contributed by atoms with Crippen molar-refractivity contribution in [2.75, 3.05) is 26.0 Å². The molecule has 0 aromatic heterocycles. The van der Waals surface area contributed by atoms with Crippen LogP contribution in [0, 0.1) is 0 Å². The molecule has 1 aromatic carbocycles. The zero-order valence-corrected chi connectivity index (χ0v) is 11.4. The number of carbonyl (C=O) groups excluding carboxylic acids is 1. The minimum absolute atomic E-state index is 0.114. The van der Waals surface area contributed by atoms with Gasteiger partial charge in [-0.3, -0.25) is 4.79 Å². The van der Waals surface area contributed by atoms with Crippen LogP contribution in [0.15, 0.2) is 18.2 Å². The number of anilines is 1. The van der Waals surface area contributed by atoms with Gasteiger partial charge in [-0.15, -0.1) is 0 Å². The lowest BCUT2D eigenvalue weighted by Crippen LogP contribution is -2.33. The molecule has 2 amide bonds. The van der Waals surface area contributed by atoms with E-state index in [1.807, 2.05) is 0 Å². The van der Waals surface area contributed by atoms with Crippen molar-refractivity contribution in [1.82, 2.24) is 4.90 Å². The van der Waals surface area contributed by atoms with Crippen molar-refractivity contribution < 1.29 is 19.4 Å². The smallest absolute Gasteiger partial charge is 0.321 e. The number of nitrogens with zero attached hydrogens (tertiary/aromatic N) is 1. The van der Waals surface area contributed by atoms with Crippen LogP contribution in [0.5, 0.6) is 5.75 Å². The van der Waals surface area contributed by atoms with Crippen molar-refractivity contribution >= 4 is 29.3 Å². The quantitative estimate of drug-likeness (QED) is 0.870. The first-order valence-electron chi connectivity index (χ1n) is 5.52. The second kappa shape index (κ2) is 6.84. The molecule has 0 heterocycles. The molecule has 0 saturated heterocycles. The largest absolute Gasteiger partial charge is 0.493 e. The number of amides is 2. The van der Waals surface area contributed by atoms with Crippen molar-refractivity contribution in [3.8, 4) is 5.75 Å². The maximum atomic E-state index is 11.8. The van der Waals surface area contributed by atoms with E-state index in [9.17, 15) is 9.59 Å². The zero-order chi connectivity index (χ0) is 14.4. The van der Waals surface area contributed by atoms with Gasteiger partial charge in [0.1, 0.15) is 0 Å². The number of para-hydroxylation sites is 1. The van der Waals surface area contributed by atoms with Crippen LogP contribution in [0.2, 0.25) is 5.02 Å². The molecule has 0 aliphatic carbocycles. The van der Waals surface area contributed by atoms with Crippen LogP contribution in [0.1, 0.15) is 6.42 Å². The standard InChI is InChI=1S/C12H15ClN2O4/c1-15(7-6-10(16)17)12(18)14-9-5-3-4-8(13)11(9)19-2/h3-5H,6-7H2,1-2H3,(H,14,18)(H,16,17). The lowest BCUT2D eigenvalue weighted by atomic mass is 10.3. The number of carbonyl (C=O) groups is 2. The van der Waals surface area contributed by atoms with Gasteiger partial charge in [-0.05, 0) is 12.1 Å². The predicted octanol–water partition coefficient (Wildman–Crippen LogP) is 2.29. The molecular weight excluding hydrogens is 272 g/mol. The number of nitrogens with one attached hydrogen (secondary N) is 1. The summed E-state index contributed by atoms with van der Waals surface area (Å²) in [5, 5.41) is 11.5. The first kappa shape index (κ1) is 15.1. The Kier molecular flexibility index (Phi) is 5.44. The summed E-state index contributed by atoms with van der Waals surface area (Å²) in [6.07, 6.45) is -0.114. The van der Waals surface area contributed by atoms with Gasteiger partial charge < -0.3 is 20.1 Å². The van der Waals surface area contributed by atoms with Crippen molar-refractivity contribution in [3.05, 3.63) is 23.2 Å². The number of ether oxygens (including phenoxy) is 1. The molecule has 0 atom stereocenters. The number of methoxy groups -OCH3 is 1. The third-order valence-corrected chi connectivity index (χ3v) is 2.72. The van der Waals surface area contributed by atoms with Crippen molar-refractivity contribution in [3.63, 3.8) is 0 Å². The highest BCUT2D eigenvalue weighted by molar-refractivity contribution is 6.32.